The molecule has 0 bridgehead atoms. The van der Waals surface area contributed by atoms with Gasteiger partial charge in [-0.05, 0) is 25.0 Å². The fourth-order valence-corrected chi connectivity index (χ4v) is 3.76. The SMILES string of the molecule is CCCCCCCCCCCCOCCCCCCCCCCCC.c1cc[nH]c1. The highest BCUT2D eigenvalue weighted by Crippen LogP contribution is 2.12. The summed E-state index contributed by atoms with van der Waals surface area (Å²) in [5, 5.41) is 0. The lowest BCUT2D eigenvalue weighted by Gasteiger charge is -2.05. The molecule has 0 radical (unpaired) electrons. The van der Waals surface area contributed by atoms with Crippen molar-refractivity contribution >= 4 is 0 Å². The van der Waals surface area contributed by atoms with Crippen molar-refractivity contribution in [1.29, 1.82) is 0 Å². The molecule has 0 aromatic carbocycles. The van der Waals surface area contributed by atoms with Gasteiger partial charge in [0.05, 0.1) is 0 Å². The van der Waals surface area contributed by atoms with E-state index in [1.807, 2.05) is 24.5 Å². The van der Waals surface area contributed by atoms with Crippen molar-refractivity contribution in [2.24, 2.45) is 0 Å². The molecule has 0 amide bonds. The minimum absolute atomic E-state index is 0.994. The zero-order valence-corrected chi connectivity index (χ0v) is 20.8. The molecule has 0 aliphatic rings. The normalized spacial score (nSPS) is 10.7. The van der Waals surface area contributed by atoms with E-state index in [4.69, 9.17) is 4.74 Å². The summed E-state index contributed by atoms with van der Waals surface area (Å²) in [6.45, 7) is 6.57. The summed E-state index contributed by atoms with van der Waals surface area (Å²) in [5.74, 6) is 0. The first kappa shape index (κ1) is 29.2. The van der Waals surface area contributed by atoms with Gasteiger partial charge in [0.2, 0.25) is 0 Å². The van der Waals surface area contributed by atoms with Crippen molar-refractivity contribution in [3.05, 3.63) is 24.5 Å². The third-order valence-corrected chi connectivity index (χ3v) is 5.78. The van der Waals surface area contributed by atoms with Crippen molar-refractivity contribution in [1.82, 2.24) is 4.98 Å². The fourth-order valence-electron chi connectivity index (χ4n) is 3.76. The molecule has 2 heteroatoms. The van der Waals surface area contributed by atoms with Crippen LogP contribution >= 0.6 is 0 Å². The van der Waals surface area contributed by atoms with Crippen LogP contribution in [0.15, 0.2) is 24.5 Å². The molecule has 1 aromatic heterocycles. The van der Waals surface area contributed by atoms with Gasteiger partial charge < -0.3 is 9.72 Å². The third kappa shape index (κ3) is 27.2. The van der Waals surface area contributed by atoms with Crippen LogP contribution in [0.5, 0.6) is 0 Å². The van der Waals surface area contributed by atoms with Crippen molar-refractivity contribution in [3.63, 3.8) is 0 Å². The molecular weight excluding hydrogens is 366 g/mol. The number of unbranched alkanes of at least 4 members (excludes halogenated alkanes) is 18. The summed E-state index contributed by atoms with van der Waals surface area (Å²) < 4.78 is 5.78. The third-order valence-electron chi connectivity index (χ3n) is 5.78. The minimum atomic E-state index is 0.994. The Bertz CT molecular complexity index is 324. The predicted molar refractivity (Wildman–Crippen MR) is 135 cm³/mol. The smallest absolute Gasteiger partial charge is 0.0466 e. The van der Waals surface area contributed by atoms with Crippen LogP contribution in [0.4, 0.5) is 0 Å². The Labute approximate surface area is 190 Å². The topological polar surface area (TPSA) is 25.0 Å². The number of hydrogen-bond acceptors (Lipinski definition) is 1. The van der Waals surface area contributed by atoms with Crippen LogP contribution < -0.4 is 0 Å². The summed E-state index contributed by atoms with van der Waals surface area (Å²) in [7, 11) is 0. The molecule has 0 atom stereocenters. The maximum absolute atomic E-state index is 5.78. The second kappa shape index (κ2) is 28.2. The molecule has 0 unspecified atom stereocenters. The molecule has 1 aromatic rings. The van der Waals surface area contributed by atoms with Crippen molar-refractivity contribution in [2.75, 3.05) is 13.2 Å². The van der Waals surface area contributed by atoms with Gasteiger partial charge in [0.15, 0.2) is 0 Å². The second-order valence-corrected chi connectivity index (χ2v) is 8.86. The summed E-state index contributed by atoms with van der Waals surface area (Å²) in [5.41, 5.74) is 0. The monoisotopic (exact) mass is 421 g/mol. The molecular formula is C28H55NO. The van der Waals surface area contributed by atoms with E-state index in [-0.39, 0.29) is 0 Å². The van der Waals surface area contributed by atoms with E-state index in [0.29, 0.717) is 0 Å². The lowest BCUT2D eigenvalue weighted by Crippen LogP contribution is -1.97. The molecule has 0 spiro atoms. The first-order valence-electron chi connectivity index (χ1n) is 13.6. The summed E-state index contributed by atoms with van der Waals surface area (Å²) in [4.78, 5) is 2.86. The summed E-state index contributed by atoms with van der Waals surface area (Å²) in [6.07, 6.45) is 31.9. The summed E-state index contributed by atoms with van der Waals surface area (Å²) >= 11 is 0. The van der Waals surface area contributed by atoms with E-state index in [1.54, 1.807) is 0 Å². The molecule has 0 fully saturated rings. The highest BCUT2D eigenvalue weighted by molar-refractivity contribution is 4.84. The van der Waals surface area contributed by atoms with Crippen LogP contribution in [0.25, 0.3) is 0 Å². The summed E-state index contributed by atoms with van der Waals surface area (Å²) in [6, 6.07) is 3.89. The Morgan fingerprint density at radius 3 is 1.00 bits per heavy atom. The number of H-pyrrole nitrogens is 1. The van der Waals surface area contributed by atoms with Crippen LogP contribution in [0.2, 0.25) is 0 Å². The first-order chi connectivity index (χ1) is 14.9. The molecule has 1 heterocycles. The first-order valence-corrected chi connectivity index (χ1v) is 13.6. The second-order valence-electron chi connectivity index (χ2n) is 8.86. The van der Waals surface area contributed by atoms with Gasteiger partial charge in [0, 0.05) is 25.6 Å². The minimum Gasteiger partial charge on any atom is -0.381 e. The lowest BCUT2D eigenvalue weighted by molar-refractivity contribution is 0.125. The standard InChI is InChI=1S/C24H50O.C4H5N/c1-3-5-7-9-11-13-15-17-19-21-23-25-24-22-20-18-16-14-12-10-8-6-4-2;1-2-4-5-3-1/h3-24H2,1-2H3;1-5H. The Hall–Kier alpha value is -0.760. The zero-order chi connectivity index (χ0) is 21.8. The van der Waals surface area contributed by atoms with E-state index in [9.17, 15) is 0 Å². The number of aromatic amines is 1. The Morgan fingerprint density at radius 2 is 0.733 bits per heavy atom. The Morgan fingerprint density at radius 1 is 0.433 bits per heavy atom. The van der Waals surface area contributed by atoms with Crippen LogP contribution in [0.1, 0.15) is 142 Å². The van der Waals surface area contributed by atoms with Crippen LogP contribution in [0.3, 0.4) is 0 Å². The lowest BCUT2D eigenvalue weighted by atomic mass is 10.1. The molecule has 178 valence electrons. The molecule has 0 saturated heterocycles. The van der Waals surface area contributed by atoms with E-state index in [1.165, 1.54) is 128 Å². The molecule has 1 N–H and O–H groups in total. The molecule has 1 rings (SSSR count). The molecule has 0 saturated carbocycles. The highest BCUT2D eigenvalue weighted by Gasteiger charge is 1.95. The zero-order valence-electron chi connectivity index (χ0n) is 20.8. The predicted octanol–water partition coefficient (Wildman–Crippen LogP) is 9.86. The van der Waals surface area contributed by atoms with E-state index in [0.717, 1.165) is 13.2 Å². The van der Waals surface area contributed by atoms with Gasteiger partial charge in [0.1, 0.15) is 0 Å². The van der Waals surface area contributed by atoms with Crippen molar-refractivity contribution in [3.8, 4) is 0 Å². The average molecular weight is 422 g/mol. The largest absolute Gasteiger partial charge is 0.381 e. The van der Waals surface area contributed by atoms with Gasteiger partial charge in [0.25, 0.3) is 0 Å². The number of ether oxygens (including phenoxy) is 1. The number of rotatable bonds is 22. The van der Waals surface area contributed by atoms with Gasteiger partial charge in [-0.15, -0.1) is 0 Å². The molecule has 30 heavy (non-hydrogen) atoms. The number of hydrogen-bond donors (Lipinski definition) is 1. The van der Waals surface area contributed by atoms with Gasteiger partial charge in [-0.25, -0.2) is 0 Å². The quantitative estimate of drug-likeness (QED) is 0.185. The van der Waals surface area contributed by atoms with Crippen LogP contribution in [0, 0.1) is 0 Å². The van der Waals surface area contributed by atoms with E-state index in [2.05, 4.69) is 18.8 Å². The van der Waals surface area contributed by atoms with Gasteiger partial charge in [-0.2, -0.15) is 0 Å². The van der Waals surface area contributed by atoms with Crippen LogP contribution in [-0.4, -0.2) is 18.2 Å². The van der Waals surface area contributed by atoms with Crippen molar-refractivity contribution in [2.45, 2.75) is 142 Å². The molecule has 2 nitrogen and oxygen atoms in total. The Balaban J connectivity index is 0.00000145. The average Bonchev–Trinajstić information content (AvgIpc) is 3.35. The van der Waals surface area contributed by atoms with Gasteiger partial charge >= 0.3 is 0 Å². The maximum Gasteiger partial charge on any atom is 0.0466 e. The number of nitrogens with one attached hydrogen (secondary N) is 1. The molecule has 0 aliphatic heterocycles. The van der Waals surface area contributed by atoms with Gasteiger partial charge in [-0.1, -0.05) is 129 Å². The highest BCUT2D eigenvalue weighted by atomic mass is 16.5. The number of aromatic nitrogens is 1. The fraction of sp³-hybridized carbons (Fsp3) is 0.857. The van der Waals surface area contributed by atoms with E-state index >= 15 is 0 Å². The Kier molecular flexibility index (Phi) is 27.5. The van der Waals surface area contributed by atoms with Crippen molar-refractivity contribution < 1.29 is 4.74 Å². The van der Waals surface area contributed by atoms with E-state index < -0.39 is 0 Å². The maximum atomic E-state index is 5.78. The van der Waals surface area contributed by atoms with Gasteiger partial charge in [-0.3, -0.25) is 0 Å². The molecule has 0 aliphatic carbocycles. The van der Waals surface area contributed by atoms with Crippen LogP contribution in [-0.2, 0) is 4.74 Å².